The number of nitrogens with two attached hydrogens (primary N) is 1. The number of nitrogens with one attached hydrogen (secondary N) is 1. The molecule has 0 saturated heterocycles. The van der Waals surface area contributed by atoms with Gasteiger partial charge in [0, 0.05) is 46.2 Å². The third-order valence-corrected chi connectivity index (χ3v) is 9.38. The number of carbonyl (C=O) groups is 1. The fourth-order valence-electron chi connectivity index (χ4n) is 2.42. The molecule has 0 aromatic carbocycles. The van der Waals surface area contributed by atoms with Gasteiger partial charge in [-0.25, -0.2) is 4.79 Å². The zero-order valence-corrected chi connectivity index (χ0v) is 22.8. The summed E-state index contributed by atoms with van der Waals surface area (Å²) < 4.78 is 38.2. The van der Waals surface area contributed by atoms with Crippen LogP contribution < -0.4 is 11.1 Å². The van der Waals surface area contributed by atoms with Gasteiger partial charge in [0.05, 0.1) is 5.67 Å². The van der Waals surface area contributed by atoms with Gasteiger partial charge in [0.1, 0.15) is 0 Å². The van der Waals surface area contributed by atoms with E-state index in [9.17, 15) is 4.79 Å². The second-order valence-electron chi connectivity index (χ2n) is 6.03. The molecular formula is C19H46N2O8Si2. The van der Waals surface area contributed by atoms with Gasteiger partial charge in [-0.3, -0.25) is 0 Å². The van der Waals surface area contributed by atoms with Crippen molar-refractivity contribution in [3.63, 3.8) is 0 Å². The van der Waals surface area contributed by atoms with Crippen molar-refractivity contribution >= 4 is 23.9 Å². The van der Waals surface area contributed by atoms with E-state index in [-0.39, 0.29) is 5.67 Å². The first-order chi connectivity index (χ1) is 14.8. The summed E-state index contributed by atoms with van der Waals surface area (Å²) in [4.78, 5) is 11.5. The molecule has 0 heterocycles. The van der Waals surface area contributed by atoms with E-state index >= 15 is 0 Å². The topological polar surface area (TPSA) is 120 Å². The first-order valence-electron chi connectivity index (χ1n) is 11.4. The Kier molecular flexibility index (Phi) is 21.1. The van der Waals surface area contributed by atoms with Crippen molar-refractivity contribution < 1.29 is 35.8 Å². The summed E-state index contributed by atoms with van der Waals surface area (Å²) >= 11 is 0. The Morgan fingerprint density at radius 3 is 1.42 bits per heavy atom. The van der Waals surface area contributed by atoms with Crippen LogP contribution in [-0.2, 0) is 31.0 Å². The molecule has 0 saturated carbocycles. The smallest absolute Gasteiger partial charge is 0.435 e. The van der Waals surface area contributed by atoms with Crippen molar-refractivity contribution in [3.05, 3.63) is 0 Å². The van der Waals surface area contributed by atoms with Crippen LogP contribution in [0.25, 0.3) is 0 Å². The molecule has 0 aliphatic carbocycles. The lowest BCUT2D eigenvalue weighted by Gasteiger charge is -2.32. The van der Waals surface area contributed by atoms with Crippen LogP contribution in [0.2, 0.25) is 0 Å². The summed E-state index contributed by atoms with van der Waals surface area (Å²) in [5.74, 6) is 0. The number of rotatable bonds is 17. The van der Waals surface area contributed by atoms with Crippen LogP contribution in [0.4, 0.5) is 4.79 Å². The van der Waals surface area contributed by atoms with Crippen LogP contribution in [0, 0.1) is 0 Å². The zero-order chi connectivity index (χ0) is 24.2. The van der Waals surface area contributed by atoms with Gasteiger partial charge in [0.25, 0.3) is 0 Å². The summed E-state index contributed by atoms with van der Waals surface area (Å²) in [6.45, 7) is 18.6. The maximum absolute atomic E-state index is 11.5. The standard InChI is InChI=1S/C10H23NO5Si.C9H23NO3Si/c1-5-9-11-10(12)16-17(13-6-2,14-7-3)15-8-4;1-5-9(10)14(11-6-2,12-7-3)13-8-4/h5-9H2,1-4H3,(H,11,12);9H,5-8,10H2,1-4H3. The summed E-state index contributed by atoms with van der Waals surface area (Å²) in [7, 11) is -5.94. The molecular weight excluding hydrogens is 440 g/mol. The third kappa shape index (κ3) is 13.5. The Morgan fingerprint density at radius 2 is 1.13 bits per heavy atom. The average Bonchev–Trinajstić information content (AvgIpc) is 2.73. The maximum atomic E-state index is 11.5. The van der Waals surface area contributed by atoms with Crippen LogP contribution in [-0.4, -0.2) is 75.8 Å². The van der Waals surface area contributed by atoms with Crippen LogP contribution in [0.3, 0.4) is 0 Å². The fourth-order valence-corrected chi connectivity index (χ4v) is 6.81. The first-order valence-corrected chi connectivity index (χ1v) is 14.8. The molecule has 0 aliphatic rings. The number of hydrogen-bond donors (Lipinski definition) is 2. The van der Waals surface area contributed by atoms with E-state index in [4.69, 9.17) is 36.7 Å². The highest BCUT2D eigenvalue weighted by molar-refractivity contribution is 6.62. The van der Waals surface area contributed by atoms with E-state index in [1.165, 1.54) is 0 Å². The molecule has 0 aromatic heterocycles. The molecule has 0 aliphatic heterocycles. The van der Waals surface area contributed by atoms with Crippen molar-refractivity contribution in [1.82, 2.24) is 5.32 Å². The second kappa shape index (κ2) is 20.1. The normalized spacial score (nSPS) is 12.7. The Morgan fingerprint density at radius 1 is 0.742 bits per heavy atom. The molecule has 1 amide bonds. The number of carbonyl (C=O) groups excluding carboxylic acids is 1. The lowest BCUT2D eigenvalue weighted by atomic mass is 10.5. The molecule has 3 N–H and O–H groups in total. The minimum atomic E-state index is -3.32. The summed E-state index contributed by atoms with van der Waals surface area (Å²) in [5, 5.41) is 2.60. The van der Waals surface area contributed by atoms with Crippen molar-refractivity contribution in [2.24, 2.45) is 5.73 Å². The minimum Gasteiger partial charge on any atom is -0.435 e. The van der Waals surface area contributed by atoms with E-state index in [1.807, 2.05) is 34.6 Å². The van der Waals surface area contributed by atoms with Crippen LogP contribution >= 0.6 is 0 Å². The SMILES string of the molecule is CCCNC(=O)O[Si](OCC)(OCC)OCC.CCO[Si](OCC)(OCC)C(N)CC. The van der Waals surface area contributed by atoms with E-state index in [0.29, 0.717) is 46.2 Å². The van der Waals surface area contributed by atoms with Crippen LogP contribution in [0.5, 0.6) is 0 Å². The monoisotopic (exact) mass is 486 g/mol. The maximum Gasteiger partial charge on any atom is 0.752 e. The lowest BCUT2D eigenvalue weighted by Crippen LogP contribution is -2.60. The largest absolute Gasteiger partial charge is 0.752 e. The Labute approximate surface area is 191 Å². The average molecular weight is 487 g/mol. The second-order valence-corrected chi connectivity index (χ2v) is 10.9. The fraction of sp³-hybridized carbons (Fsp3) is 0.947. The molecule has 188 valence electrons. The highest BCUT2D eigenvalue weighted by Crippen LogP contribution is 2.16. The first kappa shape index (κ1) is 32.6. The Hall–Kier alpha value is -0.576. The zero-order valence-electron chi connectivity index (χ0n) is 20.8. The predicted molar refractivity (Wildman–Crippen MR) is 124 cm³/mol. The Balaban J connectivity index is 0. The summed E-state index contributed by atoms with van der Waals surface area (Å²) in [6.07, 6.45) is 1.09. The van der Waals surface area contributed by atoms with Crippen LogP contribution in [0.1, 0.15) is 68.2 Å². The quantitative estimate of drug-likeness (QED) is 0.299. The molecule has 0 aromatic rings. The number of amides is 1. The molecule has 1 unspecified atom stereocenters. The number of hydrogen-bond acceptors (Lipinski definition) is 9. The predicted octanol–water partition coefficient (Wildman–Crippen LogP) is 2.98. The van der Waals surface area contributed by atoms with Gasteiger partial charge >= 0.3 is 23.9 Å². The van der Waals surface area contributed by atoms with Crippen molar-refractivity contribution in [2.45, 2.75) is 73.9 Å². The third-order valence-electron chi connectivity index (χ3n) is 3.63. The van der Waals surface area contributed by atoms with E-state index < -0.39 is 23.9 Å². The Bertz CT molecular complexity index is 402. The molecule has 10 nitrogen and oxygen atoms in total. The van der Waals surface area contributed by atoms with Gasteiger partial charge in [-0.05, 0) is 54.4 Å². The molecule has 1 atom stereocenters. The molecule has 0 fully saturated rings. The van der Waals surface area contributed by atoms with Crippen molar-refractivity contribution in [1.29, 1.82) is 0 Å². The van der Waals surface area contributed by atoms with Gasteiger partial charge in [0.2, 0.25) is 0 Å². The molecule has 0 radical (unpaired) electrons. The van der Waals surface area contributed by atoms with Gasteiger partial charge in [-0.15, -0.1) is 0 Å². The molecule has 0 bridgehead atoms. The van der Waals surface area contributed by atoms with Crippen molar-refractivity contribution in [2.75, 3.05) is 46.2 Å². The molecule has 31 heavy (non-hydrogen) atoms. The molecule has 12 heteroatoms. The van der Waals surface area contributed by atoms with Gasteiger partial charge < -0.3 is 42.0 Å². The highest BCUT2D eigenvalue weighted by atomic mass is 28.4. The minimum absolute atomic E-state index is 0.123. The highest BCUT2D eigenvalue weighted by Gasteiger charge is 2.49. The van der Waals surface area contributed by atoms with Crippen molar-refractivity contribution in [3.8, 4) is 0 Å². The van der Waals surface area contributed by atoms with Crippen LogP contribution in [0.15, 0.2) is 0 Å². The van der Waals surface area contributed by atoms with E-state index in [0.717, 1.165) is 12.8 Å². The lowest BCUT2D eigenvalue weighted by molar-refractivity contribution is -0.00593. The van der Waals surface area contributed by atoms with Gasteiger partial charge in [-0.2, -0.15) is 0 Å². The van der Waals surface area contributed by atoms with E-state index in [1.54, 1.807) is 20.8 Å². The van der Waals surface area contributed by atoms with E-state index in [2.05, 4.69) is 5.32 Å². The van der Waals surface area contributed by atoms with Gasteiger partial charge in [-0.1, -0.05) is 13.8 Å². The summed E-state index contributed by atoms with van der Waals surface area (Å²) in [6, 6.07) is 0. The summed E-state index contributed by atoms with van der Waals surface area (Å²) in [5.41, 5.74) is 5.87. The molecule has 0 rings (SSSR count). The van der Waals surface area contributed by atoms with Gasteiger partial charge in [0.15, 0.2) is 0 Å². The molecule has 0 spiro atoms.